The summed E-state index contributed by atoms with van der Waals surface area (Å²) in [5, 5.41) is 2.97. The second-order valence-electron chi connectivity index (χ2n) is 7.02. The van der Waals surface area contributed by atoms with Crippen LogP contribution in [0.2, 0.25) is 0 Å². The molecule has 0 aromatic heterocycles. The molecule has 146 valence electrons. The summed E-state index contributed by atoms with van der Waals surface area (Å²) >= 11 is 0. The van der Waals surface area contributed by atoms with E-state index in [0.717, 1.165) is 5.69 Å². The van der Waals surface area contributed by atoms with E-state index >= 15 is 0 Å². The molecule has 0 unspecified atom stereocenters. The number of aliphatic imine (C=N–C) groups is 1. The molecular formula is C19H26N4O3S. The normalized spacial score (nSPS) is 12.7. The maximum atomic E-state index is 12.7. The van der Waals surface area contributed by atoms with Gasteiger partial charge in [-0.2, -0.15) is 0 Å². The molecule has 8 heteroatoms. The Morgan fingerprint density at radius 1 is 1.15 bits per heavy atom. The summed E-state index contributed by atoms with van der Waals surface area (Å²) in [5.41, 5.74) is 6.65. The lowest BCUT2D eigenvalue weighted by atomic mass is 10.1. The van der Waals surface area contributed by atoms with Crippen LogP contribution in [0.1, 0.15) is 26.3 Å². The van der Waals surface area contributed by atoms with E-state index in [1.54, 1.807) is 58.2 Å². The van der Waals surface area contributed by atoms with Crippen molar-refractivity contribution < 1.29 is 13.2 Å². The van der Waals surface area contributed by atoms with E-state index in [1.165, 1.54) is 0 Å². The van der Waals surface area contributed by atoms with E-state index in [1.807, 2.05) is 18.2 Å². The number of nitrogens with one attached hydrogen (secondary N) is 2. The molecule has 2 aromatic rings. The van der Waals surface area contributed by atoms with Gasteiger partial charge in [-0.3, -0.25) is 0 Å². The minimum absolute atomic E-state index is 0.129. The average molecular weight is 391 g/mol. The van der Waals surface area contributed by atoms with Crippen molar-refractivity contribution in [2.24, 2.45) is 10.7 Å². The summed E-state index contributed by atoms with van der Waals surface area (Å²) in [6.07, 6.45) is 0. The maximum absolute atomic E-state index is 12.7. The van der Waals surface area contributed by atoms with E-state index < -0.39 is 15.6 Å². The Morgan fingerprint density at radius 2 is 1.85 bits per heavy atom. The molecule has 0 saturated heterocycles. The van der Waals surface area contributed by atoms with Gasteiger partial charge in [0.2, 0.25) is 10.0 Å². The van der Waals surface area contributed by atoms with E-state index in [4.69, 9.17) is 10.5 Å². The van der Waals surface area contributed by atoms with E-state index in [9.17, 15) is 8.42 Å². The highest BCUT2D eigenvalue weighted by atomic mass is 32.2. The molecule has 0 aliphatic rings. The van der Waals surface area contributed by atoms with Gasteiger partial charge in [-0.25, -0.2) is 18.1 Å². The Labute approximate surface area is 160 Å². The third-order valence-electron chi connectivity index (χ3n) is 3.46. The highest BCUT2D eigenvalue weighted by Gasteiger charge is 2.24. The van der Waals surface area contributed by atoms with Crippen LogP contribution in [0.3, 0.4) is 0 Å². The molecule has 2 aromatic carbocycles. The van der Waals surface area contributed by atoms with Gasteiger partial charge in [0.15, 0.2) is 5.96 Å². The molecule has 0 atom stereocenters. The predicted octanol–water partition coefficient (Wildman–Crippen LogP) is 2.70. The number of ether oxygens (including phenoxy) is 1. The Morgan fingerprint density at radius 3 is 2.52 bits per heavy atom. The molecule has 7 nitrogen and oxygen atoms in total. The molecule has 2 rings (SSSR count). The summed E-state index contributed by atoms with van der Waals surface area (Å²) in [4.78, 5) is 4.46. The fourth-order valence-corrected chi connectivity index (χ4v) is 4.06. The third-order valence-corrected chi connectivity index (χ3v) is 5.32. The molecule has 0 heterocycles. The van der Waals surface area contributed by atoms with E-state index in [2.05, 4.69) is 15.0 Å². The van der Waals surface area contributed by atoms with Crippen LogP contribution >= 0.6 is 0 Å². The molecule has 0 amide bonds. The number of methoxy groups -OCH3 is 1. The van der Waals surface area contributed by atoms with Gasteiger partial charge in [0.25, 0.3) is 0 Å². The van der Waals surface area contributed by atoms with E-state index in [0.29, 0.717) is 11.3 Å². The standard InChI is InChI=1S/C19H26N4O3S/c1-19(2,3)23-27(24,25)17-11-6-5-8-14(17)13-21-18(20)22-15-9-7-10-16(12-15)26-4/h5-12,23H,13H2,1-4H3,(H3,20,21,22). The number of nitrogens with zero attached hydrogens (tertiary/aromatic N) is 1. The highest BCUT2D eigenvalue weighted by Crippen LogP contribution is 2.19. The number of rotatable bonds is 6. The molecule has 0 saturated carbocycles. The summed E-state index contributed by atoms with van der Waals surface area (Å²) in [7, 11) is -2.08. The minimum Gasteiger partial charge on any atom is -0.497 e. The molecular weight excluding hydrogens is 364 g/mol. The van der Waals surface area contributed by atoms with Gasteiger partial charge in [-0.15, -0.1) is 0 Å². The zero-order valence-corrected chi connectivity index (χ0v) is 16.8. The van der Waals surface area contributed by atoms with Crippen LogP contribution in [0, 0.1) is 0 Å². The smallest absolute Gasteiger partial charge is 0.241 e. The number of hydrogen-bond donors (Lipinski definition) is 3. The van der Waals surface area contributed by atoms with Crippen molar-refractivity contribution >= 4 is 21.7 Å². The molecule has 0 fully saturated rings. The monoisotopic (exact) mass is 390 g/mol. The lowest BCUT2D eigenvalue weighted by molar-refractivity contribution is 0.415. The van der Waals surface area contributed by atoms with Crippen molar-refractivity contribution in [2.75, 3.05) is 12.4 Å². The van der Waals surface area contributed by atoms with Crippen LogP contribution in [0.5, 0.6) is 5.75 Å². The quantitative estimate of drug-likeness (QED) is 0.519. The predicted molar refractivity (Wildman–Crippen MR) is 108 cm³/mol. The van der Waals surface area contributed by atoms with Crippen molar-refractivity contribution in [3.05, 3.63) is 54.1 Å². The van der Waals surface area contributed by atoms with Gasteiger partial charge in [-0.05, 0) is 44.5 Å². The van der Waals surface area contributed by atoms with Gasteiger partial charge in [0.1, 0.15) is 5.75 Å². The lowest BCUT2D eigenvalue weighted by Gasteiger charge is -2.21. The number of guanidine groups is 1. The summed E-state index contributed by atoms with van der Waals surface area (Å²) in [6, 6.07) is 14.0. The molecule has 0 bridgehead atoms. The largest absolute Gasteiger partial charge is 0.497 e. The lowest BCUT2D eigenvalue weighted by Crippen LogP contribution is -2.40. The summed E-state index contributed by atoms with van der Waals surface area (Å²) in [5.74, 6) is 0.872. The van der Waals surface area contributed by atoms with Crippen molar-refractivity contribution in [1.82, 2.24) is 4.72 Å². The minimum atomic E-state index is -3.66. The fourth-order valence-electron chi connectivity index (χ4n) is 2.41. The van der Waals surface area contributed by atoms with Crippen molar-refractivity contribution in [3.8, 4) is 5.75 Å². The molecule has 0 aliphatic heterocycles. The Kier molecular flexibility index (Phi) is 6.45. The summed E-state index contributed by atoms with van der Waals surface area (Å²) < 4.78 is 33.1. The van der Waals surface area contributed by atoms with Crippen LogP contribution in [0.25, 0.3) is 0 Å². The first-order valence-electron chi connectivity index (χ1n) is 8.43. The van der Waals surface area contributed by atoms with Crippen molar-refractivity contribution in [2.45, 2.75) is 37.8 Å². The number of benzene rings is 2. The highest BCUT2D eigenvalue weighted by molar-refractivity contribution is 7.89. The summed E-state index contributed by atoms with van der Waals surface area (Å²) in [6.45, 7) is 5.51. The molecule has 0 radical (unpaired) electrons. The first kappa shape index (κ1) is 20.7. The number of sulfonamides is 1. The fraction of sp³-hybridized carbons (Fsp3) is 0.316. The van der Waals surface area contributed by atoms with Crippen molar-refractivity contribution in [3.63, 3.8) is 0 Å². The SMILES string of the molecule is COc1cccc(NC(N)=NCc2ccccc2S(=O)(=O)NC(C)(C)C)c1. The second-order valence-corrected chi connectivity index (χ2v) is 8.67. The average Bonchev–Trinajstić information content (AvgIpc) is 2.58. The zero-order chi connectivity index (χ0) is 20.1. The first-order chi connectivity index (χ1) is 12.6. The van der Waals surface area contributed by atoms with Crippen LogP contribution in [-0.4, -0.2) is 27.0 Å². The van der Waals surface area contributed by atoms with Gasteiger partial charge in [0.05, 0.1) is 18.6 Å². The maximum Gasteiger partial charge on any atom is 0.241 e. The molecule has 0 aliphatic carbocycles. The van der Waals surface area contributed by atoms with Gasteiger partial charge < -0.3 is 15.8 Å². The molecule has 27 heavy (non-hydrogen) atoms. The second kappa shape index (κ2) is 8.41. The van der Waals surface area contributed by atoms with Crippen LogP contribution in [0.4, 0.5) is 5.69 Å². The topological polar surface area (TPSA) is 106 Å². The first-order valence-corrected chi connectivity index (χ1v) is 9.92. The van der Waals surface area contributed by atoms with Crippen molar-refractivity contribution in [1.29, 1.82) is 0 Å². The molecule has 4 N–H and O–H groups in total. The Bertz CT molecular complexity index is 919. The van der Waals surface area contributed by atoms with Crippen LogP contribution < -0.4 is 20.5 Å². The Hall–Kier alpha value is -2.58. The number of nitrogens with two attached hydrogens (primary N) is 1. The number of hydrogen-bond acceptors (Lipinski definition) is 4. The van der Waals surface area contributed by atoms with E-state index in [-0.39, 0.29) is 17.4 Å². The number of anilines is 1. The zero-order valence-electron chi connectivity index (χ0n) is 16.0. The van der Waals surface area contributed by atoms with Gasteiger partial charge in [-0.1, -0.05) is 24.3 Å². The third kappa shape index (κ3) is 6.26. The van der Waals surface area contributed by atoms with Crippen LogP contribution in [-0.2, 0) is 16.6 Å². The van der Waals surface area contributed by atoms with Gasteiger partial charge in [0, 0.05) is 17.3 Å². The Balaban J connectivity index is 2.19. The van der Waals surface area contributed by atoms with Crippen LogP contribution in [0.15, 0.2) is 58.4 Å². The molecule has 0 spiro atoms. The van der Waals surface area contributed by atoms with Gasteiger partial charge >= 0.3 is 0 Å².